The zero-order chi connectivity index (χ0) is 14.5. The SMILES string of the molecule is CCN(Cc1ccccc1)C(=O)c1cccc(O)c1O. The van der Waals surface area contributed by atoms with Crippen molar-refractivity contribution in [3.8, 4) is 11.5 Å². The third-order valence-electron chi connectivity index (χ3n) is 3.13. The molecule has 2 aromatic rings. The van der Waals surface area contributed by atoms with E-state index in [0.29, 0.717) is 13.1 Å². The largest absolute Gasteiger partial charge is 0.504 e. The first-order chi connectivity index (χ1) is 9.63. The second-order valence-electron chi connectivity index (χ2n) is 4.48. The minimum absolute atomic E-state index is 0.114. The molecule has 0 saturated heterocycles. The Labute approximate surface area is 117 Å². The van der Waals surface area contributed by atoms with Crippen LogP contribution in [0.25, 0.3) is 0 Å². The molecule has 2 N–H and O–H groups in total. The van der Waals surface area contributed by atoms with Crippen LogP contribution in [0.15, 0.2) is 48.5 Å². The maximum absolute atomic E-state index is 12.4. The number of rotatable bonds is 4. The van der Waals surface area contributed by atoms with Crippen LogP contribution in [0.1, 0.15) is 22.8 Å². The second kappa shape index (κ2) is 6.10. The lowest BCUT2D eigenvalue weighted by Crippen LogP contribution is -2.30. The summed E-state index contributed by atoms with van der Waals surface area (Å²) >= 11 is 0. The van der Waals surface area contributed by atoms with Gasteiger partial charge in [-0.3, -0.25) is 4.79 Å². The van der Waals surface area contributed by atoms with Crippen LogP contribution in [0.3, 0.4) is 0 Å². The van der Waals surface area contributed by atoms with Crippen molar-refractivity contribution in [3.63, 3.8) is 0 Å². The van der Waals surface area contributed by atoms with Gasteiger partial charge in [-0.2, -0.15) is 0 Å². The summed E-state index contributed by atoms with van der Waals surface area (Å²) in [7, 11) is 0. The minimum atomic E-state index is -0.371. The molecule has 2 rings (SSSR count). The van der Waals surface area contributed by atoms with Crippen LogP contribution >= 0.6 is 0 Å². The maximum atomic E-state index is 12.4. The number of nitrogens with zero attached hydrogens (tertiary/aromatic N) is 1. The molecule has 0 aliphatic carbocycles. The number of phenols is 2. The van der Waals surface area contributed by atoms with Crippen molar-refractivity contribution in [2.45, 2.75) is 13.5 Å². The highest BCUT2D eigenvalue weighted by Crippen LogP contribution is 2.29. The first kappa shape index (κ1) is 13.9. The summed E-state index contributed by atoms with van der Waals surface area (Å²) in [5.41, 5.74) is 1.13. The minimum Gasteiger partial charge on any atom is -0.504 e. The van der Waals surface area contributed by atoms with Crippen LogP contribution in [-0.4, -0.2) is 27.6 Å². The van der Waals surface area contributed by atoms with Gasteiger partial charge in [-0.25, -0.2) is 0 Å². The van der Waals surface area contributed by atoms with Crippen molar-refractivity contribution in [1.82, 2.24) is 4.90 Å². The Balaban J connectivity index is 2.23. The molecular weight excluding hydrogens is 254 g/mol. The molecule has 0 heterocycles. The Hall–Kier alpha value is -2.49. The van der Waals surface area contributed by atoms with E-state index in [-0.39, 0.29) is 23.0 Å². The maximum Gasteiger partial charge on any atom is 0.258 e. The summed E-state index contributed by atoms with van der Waals surface area (Å²) in [5, 5.41) is 19.3. The molecule has 0 spiro atoms. The molecule has 0 saturated carbocycles. The van der Waals surface area contributed by atoms with Crippen LogP contribution in [0.2, 0.25) is 0 Å². The number of amides is 1. The molecule has 0 aliphatic heterocycles. The van der Waals surface area contributed by atoms with Crippen LogP contribution in [-0.2, 0) is 6.54 Å². The highest BCUT2D eigenvalue weighted by molar-refractivity contribution is 5.97. The van der Waals surface area contributed by atoms with Gasteiger partial charge in [-0.1, -0.05) is 36.4 Å². The van der Waals surface area contributed by atoms with E-state index in [1.165, 1.54) is 12.1 Å². The van der Waals surface area contributed by atoms with Crippen molar-refractivity contribution in [3.05, 3.63) is 59.7 Å². The number of benzene rings is 2. The van der Waals surface area contributed by atoms with Crippen molar-refractivity contribution in [2.24, 2.45) is 0 Å². The first-order valence-electron chi connectivity index (χ1n) is 6.47. The standard InChI is InChI=1S/C16H17NO3/c1-2-17(11-12-7-4-3-5-8-12)16(20)13-9-6-10-14(18)15(13)19/h3-10,18-19H,2,11H2,1H3. The van der Waals surface area contributed by atoms with Gasteiger partial charge in [-0.05, 0) is 24.6 Å². The lowest BCUT2D eigenvalue weighted by molar-refractivity contribution is 0.0749. The molecule has 0 fully saturated rings. The molecule has 1 amide bonds. The number of hydrogen-bond acceptors (Lipinski definition) is 3. The normalized spacial score (nSPS) is 10.2. The van der Waals surface area contributed by atoms with Gasteiger partial charge >= 0.3 is 0 Å². The fourth-order valence-corrected chi connectivity index (χ4v) is 2.01. The lowest BCUT2D eigenvalue weighted by Gasteiger charge is -2.21. The van der Waals surface area contributed by atoms with Crippen molar-refractivity contribution in [2.75, 3.05) is 6.54 Å². The Morgan fingerprint density at radius 2 is 1.75 bits per heavy atom. The average molecular weight is 271 g/mol. The Bertz CT molecular complexity index is 596. The van der Waals surface area contributed by atoms with Crippen LogP contribution in [0.5, 0.6) is 11.5 Å². The van der Waals surface area contributed by atoms with E-state index < -0.39 is 0 Å². The number of carbonyl (C=O) groups is 1. The summed E-state index contributed by atoms with van der Waals surface area (Å²) in [5.74, 6) is -0.958. The highest BCUT2D eigenvalue weighted by atomic mass is 16.3. The van der Waals surface area contributed by atoms with E-state index in [1.54, 1.807) is 11.0 Å². The van der Waals surface area contributed by atoms with Gasteiger partial charge in [0.25, 0.3) is 5.91 Å². The van der Waals surface area contributed by atoms with Gasteiger partial charge in [-0.15, -0.1) is 0 Å². The monoisotopic (exact) mass is 271 g/mol. The molecule has 0 aromatic heterocycles. The molecule has 4 nitrogen and oxygen atoms in total. The molecule has 0 atom stereocenters. The molecule has 0 radical (unpaired) electrons. The highest BCUT2D eigenvalue weighted by Gasteiger charge is 2.19. The van der Waals surface area contributed by atoms with Crippen molar-refractivity contribution < 1.29 is 15.0 Å². The zero-order valence-corrected chi connectivity index (χ0v) is 11.3. The van der Waals surface area contributed by atoms with Crippen molar-refractivity contribution >= 4 is 5.91 Å². The van der Waals surface area contributed by atoms with Gasteiger partial charge < -0.3 is 15.1 Å². The number of phenolic OH excluding ortho intramolecular Hbond substituents is 2. The molecule has 0 unspecified atom stereocenters. The fraction of sp³-hybridized carbons (Fsp3) is 0.188. The zero-order valence-electron chi connectivity index (χ0n) is 11.3. The van der Waals surface area contributed by atoms with E-state index in [0.717, 1.165) is 5.56 Å². The predicted octanol–water partition coefficient (Wildman–Crippen LogP) is 2.76. The summed E-state index contributed by atoms with van der Waals surface area (Å²) < 4.78 is 0. The number of hydrogen-bond donors (Lipinski definition) is 2. The van der Waals surface area contributed by atoms with Gasteiger partial charge in [0.05, 0.1) is 5.56 Å². The molecule has 0 aliphatic rings. The van der Waals surface area contributed by atoms with Crippen LogP contribution < -0.4 is 0 Å². The van der Waals surface area contributed by atoms with Gasteiger partial charge in [0.15, 0.2) is 11.5 Å². The summed E-state index contributed by atoms with van der Waals surface area (Å²) in [4.78, 5) is 14.0. The average Bonchev–Trinajstić information content (AvgIpc) is 2.48. The quantitative estimate of drug-likeness (QED) is 0.841. The van der Waals surface area contributed by atoms with Crippen molar-refractivity contribution in [1.29, 1.82) is 0 Å². The smallest absolute Gasteiger partial charge is 0.258 e. The predicted molar refractivity (Wildman–Crippen MR) is 76.6 cm³/mol. The summed E-state index contributed by atoms with van der Waals surface area (Å²) in [6, 6.07) is 14.0. The summed E-state index contributed by atoms with van der Waals surface area (Å²) in [6.45, 7) is 2.86. The Morgan fingerprint density at radius 3 is 2.40 bits per heavy atom. The molecule has 0 bridgehead atoms. The topological polar surface area (TPSA) is 60.8 Å². The summed E-state index contributed by atoms with van der Waals surface area (Å²) in [6.07, 6.45) is 0. The van der Waals surface area contributed by atoms with E-state index >= 15 is 0 Å². The second-order valence-corrected chi connectivity index (χ2v) is 4.48. The van der Waals surface area contributed by atoms with Crippen LogP contribution in [0, 0.1) is 0 Å². The van der Waals surface area contributed by atoms with Gasteiger partial charge in [0.1, 0.15) is 0 Å². The molecular formula is C16H17NO3. The molecule has 4 heteroatoms. The van der Waals surface area contributed by atoms with Gasteiger partial charge in [0.2, 0.25) is 0 Å². The Morgan fingerprint density at radius 1 is 1.05 bits per heavy atom. The van der Waals surface area contributed by atoms with E-state index in [1.807, 2.05) is 37.3 Å². The molecule has 2 aromatic carbocycles. The molecule has 20 heavy (non-hydrogen) atoms. The number of aromatic hydroxyl groups is 2. The lowest BCUT2D eigenvalue weighted by atomic mass is 10.1. The van der Waals surface area contributed by atoms with Crippen LogP contribution in [0.4, 0.5) is 0 Å². The van der Waals surface area contributed by atoms with E-state index in [2.05, 4.69) is 0 Å². The third kappa shape index (κ3) is 2.91. The fourth-order valence-electron chi connectivity index (χ4n) is 2.01. The third-order valence-corrected chi connectivity index (χ3v) is 3.13. The van der Waals surface area contributed by atoms with Gasteiger partial charge in [0, 0.05) is 13.1 Å². The number of carbonyl (C=O) groups excluding carboxylic acids is 1. The number of para-hydroxylation sites is 1. The first-order valence-corrected chi connectivity index (χ1v) is 6.47. The Kier molecular flexibility index (Phi) is 4.25. The van der Waals surface area contributed by atoms with E-state index in [9.17, 15) is 15.0 Å². The molecule has 104 valence electrons. The van der Waals surface area contributed by atoms with E-state index in [4.69, 9.17) is 0 Å².